The van der Waals surface area contributed by atoms with Gasteiger partial charge in [0.25, 0.3) is 0 Å². The van der Waals surface area contributed by atoms with Gasteiger partial charge in [0.2, 0.25) is 0 Å². The molecule has 6 heterocycles. The zero-order valence-electron chi connectivity index (χ0n) is 39.3. The second-order valence-electron chi connectivity index (χ2n) is 19.9. The summed E-state index contributed by atoms with van der Waals surface area (Å²) in [6.07, 6.45) is 7.84. The van der Waals surface area contributed by atoms with Gasteiger partial charge in [0.05, 0.1) is 65.6 Å². The fourth-order valence-electron chi connectivity index (χ4n) is 12.4. The molecule has 6 nitrogen and oxygen atoms in total. The summed E-state index contributed by atoms with van der Waals surface area (Å²) in [4.78, 5) is 0. The van der Waals surface area contributed by atoms with E-state index in [1.54, 1.807) is 24.3 Å². The second-order valence-corrected chi connectivity index (χ2v) is 20.8. The molecule has 69 heavy (non-hydrogen) atoms. The Bertz CT molecular complexity index is 2390. The van der Waals surface area contributed by atoms with Gasteiger partial charge < -0.3 is 62.6 Å². The molecule has 6 fully saturated rings. The van der Waals surface area contributed by atoms with Crippen LogP contribution in [0.25, 0.3) is 0 Å². The first-order valence-electron chi connectivity index (χ1n) is 24.3. The Morgan fingerprint density at radius 2 is 0.739 bits per heavy atom. The SMILES string of the molecule is OC(c1ccc(F)cc1)(c1ccc(F)cc1)C12CC[N+](CCCOc3ccccc3)(CC1)CC2.OC(c1ccccc1)(c1ccccc1)C12CC[N+](CCCOc3ccc(Br)cc3)(CC1)CC2.[Br-].[Br-]. The summed E-state index contributed by atoms with van der Waals surface area (Å²) in [5.41, 5.74) is 0.713. The predicted octanol–water partition coefficient (Wildman–Crippen LogP) is 5.83. The molecular weight excluding hydrogens is 1070 g/mol. The molecule has 0 saturated carbocycles. The highest BCUT2D eigenvalue weighted by Crippen LogP contribution is 2.59. The molecule has 6 aromatic rings. The molecule has 4 bridgehead atoms. The molecule has 6 aromatic carbocycles. The van der Waals surface area contributed by atoms with Gasteiger partial charge in [0, 0.05) is 66.7 Å². The van der Waals surface area contributed by atoms with Crippen LogP contribution in [0.1, 0.15) is 73.6 Å². The number of quaternary nitrogens is 2. The number of piperidine rings is 6. The smallest absolute Gasteiger partial charge is 0.123 e. The maximum Gasteiger partial charge on any atom is 0.123 e. The van der Waals surface area contributed by atoms with Gasteiger partial charge in [-0.1, -0.05) is 119 Å². The summed E-state index contributed by atoms with van der Waals surface area (Å²) in [5, 5.41) is 24.9. The van der Waals surface area contributed by atoms with Crippen molar-refractivity contribution in [2.24, 2.45) is 10.8 Å². The number of nitrogens with zero attached hydrogens (tertiary/aromatic N) is 2. The van der Waals surface area contributed by atoms with Gasteiger partial charge >= 0.3 is 0 Å². The van der Waals surface area contributed by atoms with Crippen molar-refractivity contribution in [3.8, 4) is 11.5 Å². The molecule has 0 aliphatic carbocycles. The number of hydrogen-bond acceptors (Lipinski definition) is 4. The highest BCUT2D eigenvalue weighted by molar-refractivity contribution is 9.10. The van der Waals surface area contributed by atoms with E-state index in [0.717, 1.165) is 142 Å². The molecule has 6 aliphatic heterocycles. The average Bonchev–Trinajstić information content (AvgIpc) is 3.39. The van der Waals surface area contributed by atoms with Gasteiger partial charge in [-0.25, -0.2) is 8.78 Å². The summed E-state index contributed by atoms with van der Waals surface area (Å²) < 4.78 is 42.6. The number of fused-ring (bicyclic) bond motifs is 6. The van der Waals surface area contributed by atoms with E-state index in [1.807, 2.05) is 66.7 Å². The zero-order chi connectivity index (χ0) is 46.4. The highest BCUT2D eigenvalue weighted by Gasteiger charge is 2.61. The third-order valence-corrected chi connectivity index (χ3v) is 17.0. The van der Waals surface area contributed by atoms with Crippen LogP contribution >= 0.6 is 15.9 Å². The fourth-order valence-corrected chi connectivity index (χ4v) is 12.7. The van der Waals surface area contributed by atoms with Gasteiger partial charge in [-0.3, -0.25) is 0 Å². The molecule has 6 saturated heterocycles. The minimum absolute atomic E-state index is 0. The Kier molecular flexibility index (Phi) is 17.4. The lowest BCUT2D eigenvalue weighted by atomic mass is 9.56. The molecule has 0 amide bonds. The molecular formula is C58H65Br3F2N2O4. The van der Waals surface area contributed by atoms with Crippen LogP contribution < -0.4 is 43.4 Å². The zero-order valence-corrected chi connectivity index (χ0v) is 44.1. The number of benzene rings is 6. The first-order chi connectivity index (χ1) is 32.5. The molecule has 11 heteroatoms. The van der Waals surface area contributed by atoms with Crippen molar-refractivity contribution in [1.82, 2.24) is 0 Å². The van der Waals surface area contributed by atoms with E-state index in [4.69, 9.17) is 9.47 Å². The van der Waals surface area contributed by atoms with Crippen LogP contribution in [0, 0.1) is 22.5 Å². The summed E-state index contributed by atoms with van der Waals surface area (Å²) in [7, 11) is 0. The van der Waals surface area contributed by atoms with Gasteiger partial charge in [0.1, 0.15) is 34.3 Å². The monoisotopic (exact) mass is 1130 g/mol. The largest absolute Gasteiger partial charge is 1.00 e. The van der Waals surface area contributed by atoms with Crippen LogP contribution in [0.5, 0.6) is 11.5 Å². The molecule has 0 radical (unpaired) electrons. The Hall–Kier alpha value is -3.94. The third-order valence-electron chi connectivity index (χ3n) is 16.5. The van der Waals surface area contributed by atoms with Gasteiger partial charge in [-0.2, -0.15) is 0 Å². The minimum Gasteiger partial charge on any atom is -1.00 e. The topological polar surface area (TPSA) is 58.9 Å². The van der Waals surface area contributed by atoms with Gasteiger partial charge in [0.15, 0.2) is 0 Å². The maximum absolute atomic E-state index is 13.7. The van der Waals surface area contributed by atoms with Gasteiger partial charge in [-0.15, -0.1) is 0 Å². The van der Waals surface area contributed by atoms with E-state index in [-0.39, 0.29) is 56.4 Å². The Balaban J connectivity index is 0.000000198. The van der Waals surface area contributed by atoms with Crippen LogP contribution in [0.15, 0.2) is 168 Å². The number of aliphatic hydroxyl groups is 2. The van der Waals surface area contributed by atoms with Crippen molar-refractivity contribution < 1.29 is 71.4 Å². The summed E-state index contributed by atoms with van der Waals surface area (Å²) in [6.45, 7) is 10.1. The Labute approximate surface area is 437 Å². The van der Waals surface area contributed by atoms with Crippen molar-refractivity contribution in [1.29, 1.82) is 0 Å². The lowest BCUT2D eigenvalue weighted by Gasteiger charge is -2.60. The van der Waals surface area contributed by atoms with Crippen molar-refractivity contribution in [3.63, 3.8) is 0 Å². The molecule has 2 N–H and O–H groups in total. The Morgan fingerprint density at radius 1 is 0.435 bits per heavy atom. The maximum atomic E-state index is 13.7. The van der Waals surface area contributed by atoms with E-state index in [1.165, 1.54) is 28.7 Å². The van der Waals surface area contributed by atoms with Crippen molar-refractivity contribution in [3.05, 3.63) is 202 Å². The van der Waals surface area contributed by atoms with Crippen LogP contribution in [0.3, 0.4) is 0 Å². The number of ether oxygens (including phenoxy) is 2. The van der Waals surface area contributed by atoms with Crippen LogP contribution in [0.4, 0.5) is 8.78 Å². The molecule has 366 valence electrons. The lowest BCUT2D eigenvalue weighted by Crippen LogP contribution is -3.00. The summed E-state index contributed by atoms with van der Waals surface area (Å²) in [5.74, 6) is 1.18. The van der Waals surface area contributed by atoms with E-state index in [2.05, 4.69) is 64.5 Å². The number of halogens is 5. The first kappa shape index (κ1) is 52.9. The van der Waals surface area contributed by atoms with Crippen LogP contribution in [-0.2, 0) is 11.2 Å². The van der Waals surface area contributed by atoms with E-state index < -0.39 is 11.2 Å². The van der Waals surface area contributed by atoms with Crippen molar-refractivity contribution in [2.75, 3.05) is 65.6 Å². The van der Waals surface area contributed by atoms with E-state index in [0.29, 0.717) is 17.7 Å². The van der Waals surface area contributed by atoms with E-state index in [9.17, 15) is 19.0 Å². The highest BCUT2D eigenvalue weighted by atomic mass is 79.9. The Morgan fingerprint density at radius 3 is 1.09 bits per heavy atom. The summed E-state index contributed by atoms with van der Waals surface area (Å²) in [6, 6.07) is 51.0. The second kappa shape index (κ2) is 22.6. The van der Waals surface area contributed by atoms with E-state index >= 15 is 0 Å². The number of para-hydroxylation sites is 1. The average molecular weight is 1130 g/mol. The molecule has 0 aromatic heterocycles. The molecule has 12 rings (SSSR count). The normalized spacial score (nSPS) is 23.7. The van der Waals surface area contributed by atoms with Crippen LogP contribution in [0.2, 0.25) is 0 Å². The van der Waals surface area contributed by atoms with Crippen molar-refractivity contribution in [2.45, 2.75) is 62.6 Å². The standard InChI is InChI=1S/C29H33BrNO2.C29H32F2NO2.2BrH/c30-26-12-14-27(15-13-26)33-23-7-19-31-20-16-28(17-21-31,18-22-31)29(32,24-8-3-1-4-9-24)25-10-5-2-6-11-25;30-25-11-7-23(8-12-25)29(33,24-9-13-26(31)14-10-24)28-15-19-32(20-16-28,21-17-28)18-4-22-34-27-5-2-1-3-6-27;;/h1-6,8-15,32H,7,16-23H2;1-3,5-14,33H,4,15-22H2;2*1H/q2*+1;;/p-2. The molecule has 6 aliphatic rings. The summed E-state index contributed by atoms with van der Waals surface area (Å²) >= 11 is 3.47. The quantitative estimate of drug-likeness (QED) is 0.0948. The fraction of sp³-hybridized carbons (Fsp3) is 0.379. The third kappa shape index (κ3) is 11.0. The van der Waals surface area contributed by atoms with Crippen molar-refractivity contribution >= 4 is 15.9 Å². The molecule has 0 unspecified atom stereocenters. The molecule has 0 spiro atoms. The van der Waals surface area contributed by atoms with Crippen LogP contribution in [-0.4, -0.2) is 84.8 Å². The number of rotatable bonds is 16. The lowest BCUT2D eigenvalue weighted by molar-refractivity contribution is -0.946. The van der Waals surface area contributed by atoms with Gasteiger partial charge in [-0.05, 0) is 82.9 Å². The number of hydrogen-bond donors (Lipinski definition) is 2. The predicted molar refractivity (Wildman–Crippen MR) is 265 cm³/mol. The minimum atomic E-state index is -1.29. The molecule has 0 atom stereocenters. The first-order valence-corrected chi connectivity index (χ1v) is 25.1.